The van der Waals surface area contributed by atoms with Gasteiger partial charge < -0.3 is 9.88 Å². The molecule has 0 spiro atoms. The van der Waals surface area contributed by atoms with E-state index in [-0.39, 0.29) is 17.5 Å². The topological polar surface area (TPSA) is 56.4 Å². The number of hydrogen-bond acceptors (Lipinski definition) is 3. The van der Waals surface area contributed by atoms with E-state index in [0.717, 1.165) is 31.6 Å². The van der Waals surface area contributed by atoms with Gasteiger partial charge in [-0.1, -0.05) is 12.1 Å². The highest BCUT2D eigenvalue weighted by molar-refractivity contribution is 5.99. The second-order valence-electron chi connectivity index (χ2n) is 6.41. The third kappa shape index (κ3) is 4.33. The van der Waals surface area contributed by atoms with E-state index in [9.17, 15) is 14.0 Å². The molecule has 1 saturated heterocycles. The van der Waals surface area contributed by atoms with E-state index in [1.54, 1.807) is 24.4 Å². The van der Waals surface area contributed by atoms with Crippen LogP contribution in [-0.2, 0) is 6.54 Å². The minimum absolute atomic E-state index is 0.0587. The van der Waals surface area contributed by atoms with Crippen LogP contribution in [0, 0.1) is 5.82 Å². The number of carbonyl (C=O) groups excluding carboxylic acids is 2. The Hall–Kier alpha value is -2.47. The molecule has 3 rings (SSSR count). The van der Waals surface area contributed by atoms with E-state index in [1.807, 2.05) is 4.90 Å². The zero-order chi connectivity index (χ0) is 17.8. The van der Waals surface area contributed by atoms with Gasteiger partial charge in [-0.25, -0.2) is 4.39 Å². The Morgan fingerprint density at radius 3 is 2.56 bits per heavy atom. The molecule has 1 aliphatic heterocycles. The van der Waals surface area contributed by atoms with Gasteiger partial charge in [0.15, 0.2) is 5.78 Å². The summed E-state index contributed by atoms with van der Waals surface area (Å²) in [4.78, 5) is 31.0. The number of carbonyl (C=O) groups is 2. The largest absolute Gasteiger partial charge is 0.356 e. The number of aromatic amines is 1. The van der Waals surface area contributed by atoms with Gasteiger partial charge in [0.1, 0.15) is 11.5 Å². The van der Waals surface area contributed by atoms with E-state index < -0.39 is 0 Å². The highest BCUT2D eigenvalue weighted by Crippen LogP contribution is 2.13. The summed E-state index contributed by atoms with van der Waals surface area (Å²) in [7, 11) is 0. The molecule has 2 heterocycles. The lowest BCUT2D eigenvalue weighted by Crippen LogP contribution is -2.35. The Kier molecular flexibility index (Phi) is 5.28. The number of nitrogens with one attached hydrogen (secondary N) is 1. The molecule has 6 heteroatoms. The van der Waals surface area contributed by atoms with Crippen LogP contribution in [0.3, 0.4) is 0 Å². The van der Waals surface area contributed by atoms with E-state index in [1.165, 1.54) is 19.1 Å². The average Bonchev–Trinajstić information content (AvgIpc) is 2.98. The Labute approximate surface area is 146 Å². The fraction of sp³-hybridized carbons (Fsp3) is 0.368. The smallest absolute Gasteiger partial charge is 0.270 e. The summed E-state index contributed by atoms with van der Waals surface area (Å²) in [5, 5.41) is 0. The maximum Gasteiger partial charge on any atom is 0.270 e. The zero-order valence-electron chi connectivity index (χ0n) is 14.3. The molecule has 0 aliphatic carbocycles. The lowest BCUT2D eigenvalue weighted by Gasteiger charge is -2.21. The molecule has 1 aliphatic rings. The van der Waals surface area contributed by atoms with Crippen LogP contribution in [0.4, 0.5) is 4.39 Å². The Morgan fingerprint density at radius 1 is 1.12 bits per heavy atom. The lowest BCUT2D eigenvalue weighted by molar-refractivity contribution is 0.0756. The number of rotatable bonds is 4. The van der Waals surface area contributed by atoms with Crippen LogP contribution in [0.2, 0.25) is 0 Å². The molecule has 0 bridgehead atoms. The van der Waals surface area contributed by atoms with Crippen LogP contribution >= 0.6 is 0 Å². The van der Waals surface area contributed by atoms with E-state index >= 15 is 0 Å². The zero-order valence-corrected chi connectivity index (χ0v) is 14.3. The van der Waals surface area contributed by atoms with Crippen molar-refractivity contribution in [1.29, 1.82) is 0 Å². The lowest BCUT2D eigenvalue weighted by atomic mass is 10.2. The molecule has 132 valence electrons. The summed E-state index contributed by atoms with van der Waals surface area (Å²) < 4.78 is 13.0. The molecule has 1 aromatic heterocycles. The van der Waals surface area contributed by atoms with Gasteiger partial charge in [0.25, 0.3) is 5.91 Å². The molecule has 0 atom stereocenters. The third-order valence-electron chi connectivity index (χ3n) is 4.52. The minimum atomic E-state index is -0.229. The van der Waals surface area contributed by atoms with Crippen molar-refractivity contribution in [3.63, 3.8) is 0 Å². The Bertz CT molecular complexity index is 754. The predicted molar refractivity (Wildman–Crippen MR) is 93.0 cm³/mol. The summed E-state index contributed by atoms with van der Waals surface area (Å²) >= 11 is 0. The van der Waals surface area contributed by atoms with Gasteiger partial charge in [-0.05, 0) is 37.1 Å². The first-order valence-corrected chi connectivity index (χ1v) is 8.48. The predicted octanol–water partition coefficient (Wildman–Crippen LogP) is 2.70. The first-order chi connectivity index (χ1) is 12.0. The minimum Gasteiger partial charge on any atom is -0.356 e. The highest BCUT2D eigenvalue weighted by atomic mass is 19.1. The summed E-state index contributed by atoms with van der Waals surface area (Å²) in [5.41, 5.74) is 2.05. The summed E-state index contributed by atoms with van der Waals surface area (Å²) in [5.74, 6) is -0.361. The number of H-pyrrole nitrogens is 1. The van der Waals surface area contributed by atoms with Crippen LogP contribution in [0.1, 0.15) is 39.8 Å². The van der Waals surface area contributed by atoms with Crippen molar-refractivity contribution in [2.75, 3.05) is 26.2 Å². The molecule has 0 unspecified atom stereocenters. The standard InChI is InChI=1S/C19H22FN3O2/c1-14(24)16-11-18(21-12-16)19(25)23-8-2-7-22(9-10-23)13-15-3-5-17(20)6-4-15/h3-6,11-12,21H,2,7-10,13H2,1H3. The molecular weight excluding hydrogens is 321 g/mol. The molecule has 1 aromatic carbocycles. The van der Waals surface area contributed by atoms with Gasteiger partial charge in [0, 0.05) is 44.5 Å². The summed E-state index contributed by atoms with van der Waals surface area (Å²) in [6.45, 7) is 5.21. The molecule has 25 heavy (non-hydrogen) atoms. The van der Waals surface area contributed by atoms with Crippen molar-refractivity contribution in [2.24, 2.45) is 0 Å². The van der Waals surface area contributed by atoms with Crippen molar-refractivity contribution >= 4 is 11.7 Å². The van der Waals surface area contributed by atoms with Gasteiger partial charge in [-0.3, -0.25) is 14.5 Å². The molecular formula is C19H22FN3O2. The van der Waals surface area contributed by atoms with Gasteiger partial charge in [-0.15, -0.1) is 0 Å². The molecule has 5 nitrogen and oxygen atoms in total. The van der Waals surface area contributed by atoms with Crippen molar-refractivity contribution in [3.8, 4) is 0 Å². The number of Topliss-reactive ketones (excluding diaryl/α,β-unsaturated/α-hetero) is 1. The molecule has 1 N–H and O–H groups in total. The molecule has 0 radical (unpaired) electrons. The number of hydrogen-bond donors (Lipinski definition) is 1. The van der Waals surface area contributed by atoms with E-state index in [2.05, 4.69) is 9.88 Å². The maximum atomic E-state index is 13.0. The van der Waals surface area contributed by atoms with E-state index in [4.69, 9.17) is 0 Å². The Balaban J connectivity index is 1.59. The Morgan fingerprint density at radius 2 is 1.88 bits per heavy atom. The van der Waals surface area contributed by atoms with Crippen molar-refractivity contribution < 1.29 is 14.0 Å². The molecule has 2 aromatic rings. The van der Waals surface area contributed by atoms with Crippen LogP contribution < -0.4 is 0 Å². The monoisotopic (exact) mass is 343 g/mol. The number of benzene rings is 1. The van der Waals surface area contributed by atoms with Crippen molar-refractivity contribution in [3.05, 3.63) is 59.2 Å². The number of aromatic nitrogens is 1. The second kappa shape index (κ2) is 7.61. The average molecular weight is 343 g/mol. The number of halogens is 1. The summed E-state index contributed by atoms with van der Waals surface area (Å²) in [6.07, 6.45) is 2.46. The fourth-order valence-corrected chi connectivity index (χ4v) is 3.07. The van der Waals surface area contributed by atoms with Crippen LogP contribution in [0.15, 0.2) is 36.5 Å². The first-order valence-electron chi connectivity index (χ1n) is 8.48. The summed E-state index contributed by atoms with van der Waals surface area (Å²) in [6, 6.07) is 8.16. The van der Waals surface area contributed by atoms with Crippen molar-refractivity contribution in [2.45, 2.75) is 19.9 Å². The normalized spacial score (nSPS) is 15.8. The van der Waals surface area contributed by atoms with Crippen LogP contribution in [-0.4, -0.2) is 52.7 Å². The van der Waals surface area contributed by atoms with Crippen LogP contribution in [0.25, 0.3) is 0 Å². The second-order valence-corrected chi connectivity index (χ2v) is 6.41. The SMILES string of the molecule is CC(=O)c1c[nH]c(C(=O)N2CCCN(Cc3ccc(F)cc3)CC2)c1. The number of ketones is 1. The number of amides is 1. The highest BCUT2D eigenvalue weighted by Gasteiger charge is 2.21. The van der Waals surface area contributed by atoms with Gasteiger partial charge in [0.05, 0.1) is 0 Å². The fourth-order valence-electron chi connectivity index (χ4n) is 3.07. The van der Waals surface area contributed by atoms with Gasteiger partial charge in [0.2, 0.25) is 0 Å². The van der Waals surface area contributed by atoms with Gasteiger partial charge in [-0.2, -0.15) is 0 Å². The van der Waals surface area contributed by atoms with E-state index in [0.29, 0.717) is 24.3 Å². The third-order valence-corrected chi connectivity index (χ3v) is 4.52. The first kappa shape index (κ1) is 17.4. The van der Waals surface area contributed by atoms with Gasteiger partial charge >= 0.3 is 0 Å². The van der Waals surface area contributed by atoms with Crippen LogP contribution in [0.5, 0.6) is 0 Å². The maximum absolute atomic E-state index is 13.0. The molecule has 1 fully saturated rings. The quantitative estimate of drug-likeness (QED) is 0.869. The molecule has 1 amide bonds. The molecule has 0 saturated carbocycles. The number of nitrogens with zero attached hydrogens (tertiary/aromatic N) is 2. The van der Waals surface area contributed by atoms with Crippen molar-refractivity contribution in [1.82, 2.24) is 14.8 Å².